The van der Waals surface area contributed by atoms with Gasteiger partial charge in [0.2, 0.25) is 5.91 Å². The largest absolute Gasteiger partial charge is 0.356 e. The van der Waals surface area contributed by atoms with Crippen molar-refractivity contribution in [3.8, 4) is 0 Å². The summed E-state index contributed by atoms with van der Waals surface area (Å²) >= 11 is 3.40. The molecular formula is C12H15BrFNO. The summed E-state index contributed by atoms with van der Waals surface area (Å²) in [5.74, 6) is -0.377. The van der Waals surface area contributed by atoms with E-state index < -0.39 is 0 Å². The Hall–Kier alpha value is -0.900. The fraction of sp³-hybridized carbons (Fsp3) is 0.417. The van der Waals surface area contributed by atoms with Gasteiger partial charge in [-0.25, -0.2) is 4.39 Å². The molecule has 1 rings (SSSR count). The van der Waals surface area contributed by atoms with E-state index in [1.807, 2.05) is 6.92 Å². The third kappa shape index (κ3) is 5.26. The SMILES string of the molecule is CC(Br)CCNC(=O)Cc1cccc(F)c1. The second-order valence-corrected chi connectivity index (χ2v) is 5.29. The Bertz CT molecular complexity index is 355. The van der Waals surface area contributed by atoms with E-state index in [2.05, 4.69) is 21.2 Å². The van der Waals surface area contributed by atoms with Crippen LogP contribution in [0.25, 0.3) is 0 Å². The minimum absolute atomic E-state index is 0.0706. The van der Waals surface area contributed by atoms with E-state index >= 15 is 0 Å². The van der Waals surface area contributed by atoms with Gasteiger partial charge in [0.05, 0.1) is 6.42 Å². The number of carbonyl (C=O) groups excluding carboxylic acids is 1. The van der Waals surface area contributed by atoms with Crippen molar-refractivity contribution in [3.05, 3.63) is 35.6 Å². The average molecular weight is 288 g/mol. The number of hydrogen-bond donors (Lipinski definition) is 1. The molecule has 0 saturated carbocycles. The van der Waals surface area contributed by atoms with Crippen molar-refractivity contribution in [2.45, 2.75) is 24.6 Å². The second-order valence-electron chi connectivity index (χ2n) is 3.73. The molecular weight excluding hydrogens is 273 g/mol. The van der Waals surface area contributed by atoms with Crippen molar-refractivity contribution in [2.24, 2.45) is 0 Å². The maximum Gasteiger partial charge on any atom is 0.224 e. The molecule has 0 fully saturated rings. The fourth-order valence-corrected chi connectivity index (χ4v) is 1.53. The first kappa shape index (κ1) is 13.2. The van der Waals surface area contributed by atoms with E-state index in [4.69, 9.17) is 0 Å². The van der Waals surface area contributed by atoms with Gasteiger partial charge in [-0.15, -0.1) is 0 Å². The first-order valence-corrected chi connectivity index (χ1v) is 6.14. The number of nitrogens with one attached hydrogen (secondary N) is 1. The number of benzene rings is 1. The van der Waals surface area contributed by atoms with Crippen molar-refractivity contribution in [2.75, 3.05) is 6.54 Å². The third-order valence-electron chi connectivity index (χ3n) is 2.12. The van der Waals surface area contributed by atoms with Gasteiger partial charge in [-0.3, -0.25) is 4.79 Å². The Kier molecular flexibility index (Phi) is 5.46. The summed E-state index contributed by atoms with van der Waals surface area (Å²) in [5, 5.41) is 2.79. The number of alkyl halides is 1. The van der Waals surface area contributed by atoms with E-state index in [-0.39, 0.29) is 18.1 Å². The Balaban J connectivity index is 2.34. The van der Waals surface area contributed by atoms with Gasteiger partial charge in [0.1, 0.15) is 5.82 Å². The maximum absolute atomic E-state index is 12.8. The molecule has 1 atom stereocenters. The average Bonchev–Trinajstić information content (AvgIpc) is 2.16. The van der Waals surface area contributed by atoms with Crippen LogP contribution in [0.3, 0.4) is 0 Å². The Morgan fingerprint density at radius 1 is 1.56 bits per heavy atom. The van der Waals surface area contributed by atoms with Gasteiger partial charge in [0.25, 0.3) is 0 Å². The van der Waals surface area contributed by atoms with Crippen molar-refractivity contribution >= 4 is 21.8 Å². The molecule has 88 valence electrons. The van der Waals surface area contributed by atoms with Crippen LogP contribution in [0.15, 0.2) is 24.3 Å². The third-order valence-corrected chi connectivity index (χ3v) is 2.58. The summed E-state index contributed by atoms with van der Waals surface area (Å²) in [6, 6.07) is 6.11. The van der Waals surface area contributed by atoms with Crippen LogP contribution in [0.2, 0.25) is 0 Å². The van der Waals surface area contributed by atoms with Crippen molar-refractivity contribution in [1.82, 2.24) is 5.32 Å². The second kappa shape index (κ2) is 6.63. The zero-order valence-corrected chi connectivity index (χ0v) is 10.8. The molecule has 1 aromatic rings. The molecule has 1 amide bonds. The number of carbonyl (C=O) groups is 1. The minimum Gasteiger partial charge on any atom is -0.356 e. The number of amides is 1. The number of hydrogen-bond acceptors (Lipinski definition) is 1. The first-order valence-electron chi connectivity index (χ1n) is 5.23. The Labute approximate surface area is 103 Å². The van der Waals surface area contributed by atoms with Gasteiger partial charge in [0.15, 0.2) is 0 Å². The van der Waals surface area contributed by atoms with Gasteiger partial charge < -0.3 is 5.32 Å². The predicted octanol–water partition coefficient (Wildman–Crippen LogP) is 2.66. The van der Waals surface area contributed by atoms with Gasteiger partial charge in [-0.2, -0.15) is 0 Å². The molecule has 0 bridgehead atoms. The highest BCUT2D eigenvalue weighted by Gasteiger charge is 2.04. The zero-order valence-electron chi connectivity index (χ0n) is 9.17. The lowest BCUT2D eigenvalue weighted by Gasteiger charge is -2.06. The van der Waals surface area contributed by atoms with Gasteiger partial charge in [-0.1, -0.05) is 35.0 Å². The molecule has 0 spiro atoms. The molecule has 1 aromatic carbocycles. The van der Waals surface area contributed by atoms with Gasteiger partial charge >= 0.3 is 0 Å². The standard InChI is InChI=1S/C12H15BrFNO/c1-9(13)5-6-15-12(16)8-10-3-2-4-11(14)7-10/h2-4,7,9H,5-6,8H2,1H3,(H,15,16). The summed E-state index contributed by atoms with van der Waals surface area (Å²) in [7, 11) is 0. The van der Waals surface area contributed by atoms with E-state index in [9.17, 15) is 9.18 Å². The molecule has 0 heterocycles. The van der Waals surface area contributed by atoms with Crippen LogP contribution in [0.5, 0.6) is 0 Å². The quantitative estimate of drug-likeness (QED) is 0.829. The molecule has 0 saturated heterocycles. The molecule has 4 heteroatoms. The molecule has 0 radical (unpaired) electrons. The Morgan fingerprint density at radius 2 is 2.31 bits per heavy atom. The summed E-state index contributed by atoms with van der Waals surface area (Å²) in [6.07, 6.45) is 1.11. The summed E-state index contributed by atoms with van der Waals surface area (Å²) in [5.41, 5.74) is 0.699. The van der Waals surface area contributed by atoms with Gasteiger partial charge in [0, 0.05) is 11.4 Å². The number of rotatable bonds is 5. The van der Waals surface area contributed by atoms with Gasteiger partial charge in [-0.05, 0) is 24.1 Å². The fourth-order valence-electron chi connectivity index (χ4n) is 1.31. The summed E-state index contributed by atoms with van der Waals surface area (Å²) in [6.45, 7) is 2.67. The zero-order chi connectivity index (χ0) is 12.0. The molecule has 0 aliphatic rings. The van der Waals surface area contributed by atoms with Crippen LogP contribution in [-0.2, 0) is 11.2 Å². The smallest absolute Gasteiger partial charge is 0.224 e. The molecule has 0 aromatic heterocycles. The van der Waals surface area contributed by atoms with E-state index in [0.29, 0.717) is 16.9 Å². The molecule has 0 aliphatic heterocycles. The predicted molar refractivity (Wildman–Crippen MR) is 66.1 cm³/mol. The lowest BCUT2D eigenvalue weighted by atomic mass is 10.1. The highest BCUT2D eigenvalue weighted by atomic mass is 79.9. The highest BCUT2D eigenvalue weighted by Crippen LogP contribution is 2.04. The molecule has 16 heavy (non-hydrogen) atoms. The Morgan fingerprint density at radius 3 is 2.94 bits per heavy atom. The summed E-state index contributed by atoms with van der Waals surface area (Å²) in [4.78, 5) is 11.8. The molecule has 0 aliphatic carbocycles. The van der Waals surface area contributed by atoms with Crippen LogP contribution in [0.4, 0.5) is 4.39 Å². The summed E-state index contributed by atoms with van der Waals surface area (Å²) < 4.78 is 12.8. The topological polar surface area (TPSA) is 29.1 Å². The first-order chi connectivity index (χ1) is 7.58. The van der Waals surface area contributed by atoms with Crippen molar-refractivity contribution in [3.63, 3.8) is 0 Å². The highest BCUT2D eigenvalue weighted by molar-refractivity contribution is 9.09. The van der Waals surface area contributed by atoms with Crippen LogP contribution in [0.1, 0.15) is 18.9 Å². The lowest BCUT2D eigenvalue weighted by Crippen LogP contribution is -2.27. The van der Waals surface area contributed by atoms with Crippen LogP contribution in [-0.4, -0.2) is 17.3 Å². The molecule has 2 nitrogen and oxygen atoms in total. The molecule has 1 unspecified atom stereocenters. The van der Waals surface area contributed by atoms with Crippen LogP contribution >= 0.6 is 15.9 Å². The maximum atomic E-state index is 12.8. The van der Waals surface area contributed by atoms with Crippen molar-refractivity contribution in [1.29, 1.82) is 0 Å². The number of halogens is 2. The van der Waals surface area contributed by atoms with Crippen LogP contribution < -0.4 is 5.32 Å². The van der Waals surface area contributed by atoms with E-state index in [0.717, 1.165) is 6.42 Å². The molecule has 1 N–H and O–H groups in total. The van der Waals surface area contributed by atoms with Crippen LogP contribution in [0, 0.1) is 5.82 Å². The normalized spacial score (nSPS) is 12.2. The minimum atomic E-state index is -0.306. The lowest BCUT2D eigenvalue weighted by molar-refractivity contribution is -0.120. The van der Waals surface area contributed by atoms with Crippen molar-refractivity contribution < 1.29 is 9.18 Å². The van der Waals surface area contributed by atoms with E-state index in [1.54, 1.807) is 12.1 Å². The van der Waals surface area contributed by atoms with E-state index in [1.165, 1.54) is 12.1 Å². The monoisotopic (exact) mass is 287 g/mol.